The summed E-state index contributed by atoms with van der Waals surface area (Å²) in [5, 5.41) is 3.10. The highest BCUT2D eigenvalue weighted by molar-refractivity contribution is 5.42. The fraction of sp³-hybridized carbons (Fsp3) is 0.353. The quantitative estimate of drug-likeness (QED) is 0.824. The minimum atomic E-state index is 0.490. The van der Waals surface area contributed by atoms with Gasteiger partial charge in [-0.1, -0.05) is 25.5 Å². The van der Waals surface area contributed by atoms with Crippen molar-refractivity contribution in [3.05, 3.63) is 53.9 Å². The number of unbranched alkanes of at least 4 members (excludes halogenated alkanes) is 1. The first-order chi connectivity index (χ1) is 9.81. The number of hydrogen-bond acceptors (Lipinski definition) is 3. The van der Waals surface area contributed by atoms with E-state index in [-0.39, 0.29) is 0 Å². The maximum absolute atomic E-state index is 5.76. The van der Waals surface area contributed by atoms with Crippen LogP contribution in [0.25, 0.3) is 0 Å². The summed E-state index contributed by atoms with van der Waals surface area (Å²) in [5.41, 5.74) is 3.34. The third-order valence-electron chi connectivity index (χ3n) is 3.23. The molecule has 0 radical (unpaired) electrons. The molecule has 2 aromatic rings. The highest BCUT2D eigenvalue weighted by atomic mass is 16.5. The highest BCUT2D eigenvalue weighted by Gasteiger charge is 1.99. The molecule has 3 nitrogen and oxygen atoms in total. The fourth-order valence-electron chi connectivity index (χ4n) is 2.00. The summed E-state index contributed by atoms with van der Waals surface area (Å²) in [6.07, 6.45) is 5.40. The van der Waals surface area contributed by atoms with Gasteiger partial charge in [-0.05, 0) is 42.7 Å². The zero-order valence-corrected chi connectivity index (χ0v) is 12.2. The van der Waals surface area contributed by atoms with E-state index in [1.165, 1.54) is 18.4 Å². The molecule has 1 aromatic carbocycles. The molecule has 1 aromatic heterocycles. The first-order valence-electron chi connectivity index (χ1n) is 7.16. The molecule has 1 N–H and O–H groups in total. The van der Waals surface area contributed by atoms with Crippen LogP contribution in [0.15, 0.2) is 42.6 Å². The van der Waals surface area contributed by atoms with E-state index in [4.69, 9.17) is 4.74 Å². The van der Waals surface area contributed by atoms with Crippen molar-refractivity contribution in [3.8, 4) is 5.75 Å². The Balaban J connectivity index is 1.89. The van der Waals surface area contributed by atoms with Crippen LogP contribution in [-0.4, -0.2) is 12.0 Å². The molecule has 0 bridgehead atoms. The minimum Gasteiger partial charge on any atom is -0.487 e. The van der Waals surface area contributed by atoms with Gasteiger partial charge < -0.3 is 10.1 Å². The zero-order valence-electron chi connectivity index (χ0n) is 12.2. The van der Waals surface area contributed by atoms with Crippen LogP contribution >= 0.6 is 0 Å². The van der Waals surface area contributed by atoms with Crippen LogP contribution in [0.2, 0.25) is 0 Å². The van der Waals surface area contributed by atoms with Gasteiger partial charge in [0, 0.05) is 18.9 Å². The predicted molar refractivity (Wildman–Crippen MR) is 83.2 cm³/mol. The van der Waals surface area contributed by atoms with Crippen LogP contribution < -0.4 is 10.1 Å². The van der Waals surface area contributed by atoms with E-state index < -0.39 is 0 Å². The van der Waals surface area contributed by atoms with Gasteiger partial charge in [-0.25, -0.2) is 0 Å². The van der Waals surface area contributed by atoms with E-state index in [1.807, 2.05) is 31.3 Å². The van der Waals surface area contributed by atoms with Crippen molar-refractivity contribution in [3.63, 3.8) is 0 Å². The first kappa shape index (κ1) is 14.4. The summed E-state index contributed by atoms with van der Waals surface area (Å²) in [6, 6.07) is 12.3. The molecule has 0 atom stereocenters. The highest BCUT2D eigenvalue weighted by Crippen LogP contribution is 2.16. The second-order valence-corrected chi connectivity index (χ2v) is 4.82. The zero-order chi connectivity index (χ0) is 14.2. The monoisotopic (exact) mass is 270 g/mol. The summed E-state index contributed by atoms with van der Waals surface area (Å²) in [6.45, 7) is 2.70. The molecule has 2 rings (SSSR count). The molecule has 3 heteroatoms. The summed E-state index contributed by atoms with van der Waals surface area (Å²) in [7, 11) is 1.90. The molecule has 20 heavy (non-hydrogen) atoms. The van der Waals surface area contributed by atoms with Gasteiger partial charge in [0.2, 0.25) is 0 Å². The van der Waals surface area contributed by atoms with Crippen LogP contribution in [0.3, 0.4) is 0 Å². The maximum Gasteiger partial charge on any atom is 0.130 e. The third kappa shape index (κ3) is 4.26. The standard InChI is InChI=1S/C17H22N2O/c1-3-4-5-14-6-8-17(9-7-14)20-13-16-12-15(18-2)10-11-19-16/h6-12H,3-5,13H2,1-2H3,(H,18,19). The topological polar surface area (TPSA) is 34.1 Å². The van der Waals surface area contributed by atoms with Crippen LogP contribution in [-0.2, 0) is 13.0 Å². The van der Waals surface area contributed by atoms with E-state index in [9.17, 15) is 0 Å². The van der Waals surface area contributed by atoms with Crippen molar-refractivity contribution in [2.75, 3.05) is 12.4 Å². The second-order valence-electron chi connectivity index (χ2n) is 4.82. The Morgan fingerprint density at radius 1 is 1.15 bits per heavy atom. The van der Waals surface area contributed by atoms with Crippen molar-refractivity contribution in [1.82, 2.24) is 4.98 Å². The SMILES string of the molecule is CCCCc1ccc(OCc2cc(NC)ccn2)cc1. The Kier molecular flexibility index (Phi) is 5.42. The molecule has 0 saturated carbocycles. The number of benzene rings is 1. The summed E-state index contributed by atoms with van der Waals surface area (Å²) < 4.78 is 5.76. The molecule has 0 spiro atoms. The number of ether oxygens (including phenoxy) is 1. The Bertz CT molecular complexity index is 523. The number of hydrogen-bond donors (Lipinski definition) is 1. The molecule has 0 fully saturated rings. The molecule has 106 valence electrons. The molecule has 0 saturated heterocycles. The van der Waals surface area contributed by atoms with E-state index in [0.717, 1.165) is 23.6 Å². The smallest absolute Gasteiger partial charge is 0.130 e. The lowest BCUT2D eigenvalue weighted by Crippen LogP contribution is -1.99. The number of aromatic nitrogens is 1. The van der Waals surface area contributed by atoms with Crippen molar-refractivity contribution in [1.29, 1.82) is 0 Å². The number of anilines is 1. The van der Waals surface area contributed by atoms with Gasteiger partial charge in [0.1, 0.15) is 12.4 Å². The van der Waals surface area contributed by atoms with E-state index in [0.29, 0.717) is 6.61 Å². The molecule has 0 unspecified atom stereocenters. The summed E-state index contributed by atoms with van der Waals surface area (Å²) in [5.74, 6) is 0.891. The second kappa shape index (κ2) is 7.53. The Labute approximate surface area is 121 Å². The number of aryl methyl sites for hydroxylation is 1. The Morgan fingerprint density at radius 3 is 2.65 bits per heavy atom. The lowest BCUT2D eigenvalue weighted by Gasteiger charge is -2.08. The molecule has 1 heterocycles. The van der Waals surface area contributed by atoms with Crippen LogP contribution in [0.4, 0.5) is 5.69 Å². The average Bonchev–Trinajstić information content (AvgIpc) is 2.52. The van der Waals surface area contributed by atoms with Gasteiger partial charge in [0.05, 0.1) is 5.69 Å². The van der Waals surface area contributed by atoms with Gasteiger partial charge in [-0.15, -0.1) is 0 Å². The van der Waals surface area contributed by atoms with Crippen molar-refractivity contribution in [2.24, 2.45) is 0 Å². The fourth-order valence-corrected chi connectivity index (χ4v) is 2.00. The average molecular weight is 270 g/mol. The maximum atomic E-state index is 5.76. The number of nitrogens with one attached hydrogen (secondary N) is 1. The third-order valence-corrected chi connectivity index (χ3v) is 3.23. The van der Waals surface area contributed by atoms with Crippen LogP contribution in [0, 0.1) is 0 Å². The van der Waals surface area contributed by atoms with Gasteiger partial charge in [-0.3, -0.25) is 4.98 Å². The Morgan fingerprint density at radius 2 is 1.95 bits per heavy atom. The largest absolute Gasteiger partial charge is 0.487 e. The number of rotatable bonds is 7. The van der Waals surface area contributed by atoms with Crippen LogP contribution in [0.1, 0.15) is 31.0 Å². The van der Waals surface area contributed by atoms with E-state index >= 15 is 0 Å². The summed E-state index contributed by atoms with van der Waals surface area (Å²) >= 11 is 0. The Hall–Kier alpha value is -2.03. The van der Waals surface area contributed by atoms with Crippen molar-refractivity contribution < 1.29 is 4.74 Å². The normalized spacial score (nSPS) is 10.3. The molecule has 0 aliphatic rings. The minimum absolute atomic E-state index is 0.490. The van der Waals surface area contributed by atoms with Crippen molar-refractivity contribution in [2.45, 2.75) is 32.8 Å². The van der Waals surface area contributed by atoms with Gasteiger partial charge in [0.15, 0.2) is 0 Å². The molecule has 0 aliphatic carbocycles. The van der Waals surface area contributed by atoms with Crippen LogP contribution in [0.5, 0.6) is 5.75 Å². The van der Waals surface area contributed by atoms with E-state index in [1.54, 1.807) is 6.20 Å². The van der Waals surface area contributed by atoms with Gasteiger partial charge in [0.25, 0.3) is 0 Å². The van der Waals surface area contributed by atoms with Gasteiger partial charge >= 0.3 is 0 Å². The lowest BCUT2D eigenvalue weighted by atomic mass is 10.1. The number of nitrogens with zero attached hydrogens (tertiary/aromatic N) is 1. The number of pyridine rings is 1. The van der Waals surface area contributed by atoms with Crippen molar-refractivity contribution >= 4 is 5.69 Å². The first-order valence-corrected chi connectivity index (χ1v) is 7.16. The van der Waals surface area contributed by atoms with E-state index in [2.05, 4.69) is 29.4 Å². The predicted octanol–water partition coefficient (Wildman–Crippen LogP) is 4.04. The molecular formula is C17H22N2O. The molecular weight excluding hydrogens is 248 g/mol. The molecule has 0 amide bonds. The summed E-state index contributed by atoms with van der Waals surface area (Å²) in [4.78, 5) is 4.30. The molecule has 0 aliphatic heterocycles. The van der Waals surface area contributed by atoms with Gasteiger partial charge in [-0.2, -0.15) is 0 Å². The lowest BCUT2D eigenvalue weighted by molar-refractivity contribution is 0.301.